The van der Waals surface area contributed by atoms with E-state index in [9.17, 15) is 9.59 Å². The van der Waals surface area contributed by atoms with Crippen molar-refractivity contribution in [2.75, 3.05) is 11.9 Å². The molecule has 0 radical (unpaired) electrons. The van der Waals surface area contributed by atoms with Crippen molar-refractivity contribution in [3.8, 4) is 0 Å². The maximum Gasteiger partial charge on any atom is 0.339 e. The average molecular weight is 608 g/mol. The summed E-state index contributed by atoms with van der Waals surface area (Å²) in [5.74, 6) is -0.821. The third kappa shape index (κ3) is 6.75. The zero-order chi connectivity index (χ0) is 29.3. The number of allylic oxidation sites excluding steroid dienone is 1. The molecule has 3 aromatic carbocycles. The molecule has 1 heterocycles. The maximum absolute atomic E-state index is 13.7. The number of hydrogen-bond donors (Lipinski definition) is 1. The first-order valence-corrected chi connectivity index (χ1v) is 14.4. The van der Waals surface area contributed by atoms with Gasteiger partial charge in [-0.15, -0.1) is 0 Å². The molecule has 5 rings (SSSR count). The molecule has 1 N–H and O–H groups in total. The molecular formula is C33H29Cl3N2O3. The summed E-state index contributed by atoms with van der Waals surface area (Å²) in [6.45, 7) is 6.16. The lowest BCUT2D eigenvalue weighted by Crippen LogP contribution is -2.29. The van der Waals surface area contributed by atoms with Gasteiger partial charge in [0, 0.05) is 26.1 Å². The van der Waals surface area contributed by atoms with Crippen LogP contribution in [0, 0.1) is 11.3 Å². The number of aromatic nitrogens is 1. The summed E-state index contributed by atoms with van der Waals surface area (Å²) in [5, 5.41) is 4.81. The van der Waals surface area contributed by atoms with E-state index in [1.54, 1.807) is 18.2 Å². The number of carbonyl (C=O) groups is 2. The minimum absolute atomic E-state index is 0.0261. The summed E-state index contributed by atoms with van der Waals surface area (Å²) in [6, 6.07) is 19.9. The molecule has 1 unspecified atom stereocenters. The number of pyridine rings is 1. The molecule has 1 aromatic heterocycles. The first-order chi connectivity index (χ1) is 19.5. The molecule has 0 spiro atoms. The fourth-order valence-corrected chi connectivity index (χ4v) is 5.81. The van der Waals surface area contributed by atoms with Crippen LogP contribution < -0.4 is 5.32 Å². The number of ether oxygens (including phenoxy) is 1. The van der Waals surface area contributed by atoms with Crippen molar-refractivity contribution in [2.45, 2.75) is 33.6 Å². The Bertz CT molecular complexity index is 1650. The van der Waals surface area contributed by atoms with Gasteiger partial charge >= 0.3 is 5.97 Å². The minimum atomic E-state index is -0.570. The molecule has 41 heavy (non-hydrogen) atoms. The van der Waals surface area contributed by atoms with Crippen LogP contribution in [0.3, 0.4) is 0 Å². The molecular weight excluding hydrogens is 579 g/mol. The van der Waals surface area contributed by atoms with Gasteiger partial charge in [-0.05, 0) is 83.3 Å². The van der Waals surface area contributed by atoms with E-state index < -0.39 is 18.5 Å². The summed E-state index contributed by atoms with van der Waals surface area (Å²) >= 11 is 18.2. The summed E-state index contributed by atoms with van der Waals surface area (Å²) < 4.78 is 5.61. The van der Waals surface area contributed by atoms with Crippen LogP contribution in [-0.4, -0.2) is 23.5 Å². The second kappa shape index (κ2) is 11.8. The molecule has 0 aliphatic heterocycles. The van der Waals surface area contributed by atoms with Crippen LogP contribution in [0.15, 0.2) is 66.7 Å². The number of benzene rings is 3. The highest BCUT2D eigenvalue weighted by Crippen LogP contribution is 2.45. The van der Waals surface area contributed by atoms with Gasteiger partial charge in [-0.2, -0.15) is 0 Å². The number of carbonyl (C=O) groups excluding carboxylic acids is 2. The van der Waals surface area contributed by atoms with Gasteiger partial charge in [0.25, 0.3) is 5.91 Å². The largest absolute Gasteiger partial charge is 0.452 e. The molecule has 210 valence electrons. The van der Waals surface area contributed by atoms with Crippen molar-refractivity contribution in [1.82, 2.24) is 4.98 Å². The topological polar surface area (TPSA) is 68.3 Å². The molecule has 8 heteroatoms. The van der Waals surface area contributed by atoms with Crippen LogP contribution in [0.4, 0.5) is 5.69 Å². The normalized spacial score (nSPS) is 16.0. The first-order valence-electron chi connectivity index (χ1n) is 13.3. The van der Waals surface area contributed by atoms with Crippen molar-refractivity contribution >= 4 is 74.9 Å². The Kier molecular flexibility index (Phi) is 8.42. The minimum Gasteiger partial charge on any atom is -0.452 e. The van der Waals surface area contributed by atoms with E-state index in [0.717, 1.165) is 28.8 Å². The number of halogens is 3. The number of fused-ring (bicyclic) bond motifs is 2. The summed E-state index contributed by atoms with van der Waals surface area (Å²) in [6.07, 6.45) is 3.59. The Labute approximate surface area is 254 Å². The van der Waals surface area contributed by atoms with E-state index in [0.29, 0.717) is 43.6 Å². The SMILES string of the molecule is CC(C)(C)C1C/C(=C\c2ccc(Cl)cc2)c2nc3ccccc3c(C(=O)OCC(=O)Nc3cc(Cl)cc(Cl)c3)c2C1. The molecule has 0 saturated carbocycles. The van der Waals surface area contributed by atoms with Crippen molar-refractivity contribution in [1.29, 1.82) is 0 Å². The highest BCUT2D eigenvalue weighted by Gasteiger charge is 2.35. The standard InChI is InChI=1S/C33H29Cl3N2O3/c1-33(2,3)21-13-20(12-19-8-10-22(34)11-9-19)31-27(14-21)30(26-6-4-5-7-28(26)38-31)32(40)41-18-29(39)37-25-16-23(35)15-24(36)17-25/h4-12,15-17,21H,13-14,18H2,1-3H3,(H,37,39)/b20-12+. The Hall–Kier alpha value is -3.38. The fraction of sp³-hybridized carbons (Fsp3) is 0.242. The number of esters is 1. The average Bonchev–Trinajstić information content (AvgIpc) is 2.90. The molecule has 1 aliphatic carbocycles. The summed E-state index contributed by atoms with van der Waals surface area (Å²) in [4.78, 5) is 31.5. The van der Waals surface area contributed by atoms with Gasteiger partial charge in [0.2, 0.25) is 0 Å². The lowest BCUT2D eigenvalue weighted by atomic mass is 9.69. The van der Waals surface area contributed by atoms with Crippen LogP contribution in [0.25, 0.3) is 22.6 Å². The zero-order valence-corrected chi connectivity index (χ0v) is 25.2. The Morgan fingerprint density at radius 1 is 0.951 bits per heavy atom. The van der Waals surface area contributed by atoms with Crippen LogP contribution in [-0.2, 0) is 16.0 Å². The fourth-order valence-electron chi connectivity index (χ4n) is 5.16. The molecule has 1 aliphatic rings. The maximum atomic E-state index is 13.7. The number of amides is 1. The van der Waals surface area contributed by atoms with Crippen molar-refractivity contribution in [3.63, 3.8) is 0 Å². The summed E-state index contributed by atoms with van der Waals surface area (Å²) in [5.41, 5.74) is 5.19. The molecule has 1 atom stereocenters. The van der Waals surface area contributed by atoms with Gasteiger partial charge in [-0.1, -0.05) is 85.9 Å². The molecule has 5 nitrogen and oxygen atoms in total. The van der Waals surface area contributed by atoms with Gasteiger partial charge in [0.1, 0.15) is 0 Å². The van der Waals surface area contributed by atoms with Crippen LogP contribution in [0.5, 0.6) is 0 Å². The van der Waals surface area contributed by atoms with Crippen molar-refractivity contribution < 1.29 is 14.3 Å². The second-order valence-corrected chi connectivity index (χ2v) is 12.6. The van der Waals surface area contributed by atoms with E-state index in [2.05, 4.69) is 32.2 Å². The monoisotopic (exact) mass is 606 g/mol. The Morgan fingerprint density at radius 3 is 2.32 bits per heavy atom. The van der Waals surface area contributed by atoms with Crippen molar-refractivity contribution in [3.05, 3.63) is 104 Å². The quantitative estimate of drug-likeness (QED) is 0.230. The van der Waals surface area contributed by atoms with E-state index in [1.807, 2.05) is 48.5 Å². The van der Waals surface area contributed by atoms with E-state index >= 15 is 0 Å². The van der Waals surface area contributed by atoms with E-state index in [1.165, 1.54) is 0 Å². The van der Waals surface area contributed by atoms with Gasteiger partial charge < -0.3 is 10.1 Å². The van der Waals surface area contributed by atoms with E-state index in [-0.39, 0.29) is 11.3 Å². The lowest BCUT2D eigenvalue weighted by molar-refractivity contribution is -0.119. The van der Waals surface area contributed by atoms with Gasteiger partial charge in [-0.25, -0.2) is 9.78 Å². The highest BCUT2D eigenvalue weighted by molar-refractivity contribution is 6.35. The predicted molar refractivity (Wildman–Crippen MR) is 168 cm³/mol. The molecule has 0 bridgehead atoms. The Morgan fingerprint density at radius 2 is 1.63 bits per heavy atom. The number of anilines is 1. The zero-order valence-electron chi connectivity index (χ0n) is 22.9. The molecule has 0 fully saturated rings. The summed E-state index contributed by atoms with van der Waals surface area (Å²) in [7, 11) is 0. The first kappa shape index (κ1) is 29.1. The van der Waals surface area contributed by atoms with Gasteiger partial charge in [0.05, 0.1) is 16.8 Å². The van der Waals surface area contributed by atoms with Crippen LogP contribution in [0.2, 0.25) is 15.1 Å². The van der Waals surface area contributed by atoms with Gasteiger partial charge in [0.15, 0.2) is 6.61 Å². The molecule has 1 amide bonds. The smallest absolute Gasteiger partial charge is 0.339 e. The number of nitrogens with zero attached hydrogens (tertiary/aromatic N) is 1. The number of para-hydroxylation sites is 1. The van der Waals surface area contributed by atoms with Crippen molar-refractivity contribution in [2.24, 2.45) is 11.3 Å². The number of rotatable bonds is 5. The third-order valence-electron chi connectivity index (χ3n) is 7.33. The van der Waals surface area contributed by atoms with Gasteiger partial charge in [-0.3, -0.25) is 4.79 Å². The Balaban J connectivity index is 1.53. The molecule has 4 aromatic rings. The van der Waals surface area contributed by atoms with Crippen LogP contribution in [0.1, 0.15) is 54.4 Å². The predicted octanol–water partition coefficient (Wildman–Crippen LogP) is 9.14. The van der Waals surface area contributed by atoms with E-state index in [4.69, 9.17) is 44.5 Å². The lowest BCUT2D eigenvalue weighted by Gasteiger charge is -2.36. The number of hydrogen-bond acceptors (Lipinski definition) is 4. The second-order valence-electron chi connectivity index (χ2n) is 11.3. The molecule has 0 saturated heterocycles. The number of nitrogens with one attached hydrogen (secondary N) is 1. The highest BCUT2D eigenvalue weighted by atomic mass is 35.5. The third-order valence-corrected chi connectivity index (χ3v) is 8.02. The van der Waals surface area contributed by atoms with Crippen LogP contribution >= 0.6 is 34.8 Å².